The summed E-state index contributed by atoms with van der Waals surface area (Å²) in [5.41, 5.74) is 0.485. The molecule has 0 saturated carbocycles. The minimum Gasteiger partial charge on any atom is -0.478 e. The van der Waals surface area contributed by atoms with E-state index in [1.165, 1.54) is 6.33 Å². The van der Waals surface area contributed by atoms with Crippen LogP contribution in [0.15, 0.2) is 18.5 Å². The van der Waals surface area contributed by atoms with E-state index in [4.69, 9.17) is 32.7 Å². The summed E-state index contributed by atoms with van der Waals surface area (Å²) in [6.07, 6.45) is 1.53. The van der Waals surface area contributed by atoms with Gasteiger partial charge in [0.05, 0.1) is 14.1 Å². The first-order valence-electron chi connectivity index (χ1n) is 10.7. The van der Waals surface area contributed by atoms with Gasteiger partial charge >= 0.3 is 11.8 Å². The van der Waals surface area contributed by atoms with Crippen molar-refractivity contribution in [3.05, 3.63) is 53.6 Å². The van der Waals surface area contributed by atoms with Crippen molar-refractivity contribution in [3.63, 3.8) is 0 Å². The maximum Gasteiger partial charge on any atom is 0.410 e. The fourth-order valence-corrected chi connectivity index (χ4v) is 5.12. The second-order valence-electron chi connectivity index (χ2n) is 8.98. The van der Waals surface area contributed by atoms with Crippen molar-refractivity contribution in [1.29, 1.82) is 0 Å². The van der Waals surface area contributed by atoms with Crippen molar-refractivity contribution in [3.8, 4) is 5.75 Å². The van der Waals surface area contributed by atoms with E-state index in [0.717, 1.165) is 5.56 Å². The van der Waals surface area contributed by atoms with Crippen LogP contribution in [0.2, 0.25) is 10.3 Å². The van der Waals surface area contributed by atoms with Gasteiger partial charge in [-0.15, -0.1) is 0 Å². The molecule has 1 aromatic carbocycles. The Morgan fingerprint density at radius 1 is 1.24 bits per heavy atom. The number of likely N-dealkylation sites (tertiary alicyclic amines) is 1. The van der Waals surface area contributed by atoms with Gasteiger partial charge in [-0.05, 0) is 80.7 Å². The van der Waals surface area contributed by atoms with Crippen molar-refractivity contribution in [2.24, 2.45) is 0 Å². The molecule has 3 rings (SSSR count). The van der Waals surface area contributed by atoms with Crippen LogP contribution in [0.3, 0.4) is 0 Å². The molecule has 9 nitrogen and oxygen atoms in total. The molecule has 1 atom stereocenters. The molecule has 0 radical (unpaired) electrons. The molecular weight excluding hydrogens is 598 g/mol. The fraction of sp³-hybridized carbons (Fsp3) is 0.500. The van der Waals surface area contributed by atoms with Crippen LogP contribution in [-0.2, 0) is 4.74 Å². The number of amides is 1. The molecule has 34 heavy (non-hydrogen) atoms. The Morgan fingerprint density at radius 2 is 1.82 bits per heavy atom. The first-order valence-corrected chi connectivity index (χ1v) is 12.5. The van der Waals surface area contributed by atoms with E-state index in [-0.39, 0.29) is 33.8 Å². The molecule has 0 N–H and O–H groups in total. The maximum absolute atomic E-state index is 12.3. The number of ether oxygens (including phenoxy) is 2. The number of piperidine rings is 1. The molecule has 0 spiro atoms. The minimum absolute atomic E-state index is 0.0730. The molecule has 0 aliphatic carbocycles. The molecule has 2 aromatic rings. The van der Waals surface area contributed by atoms with Gasteiger partial charge < -0.3 is 14.4 Å². The first kappa shape index (κ1) is 26.7. The van der Waals surface area contributed by atoms with E-state index in [9.17, 15) is 14.9 Å². The van der Waals surface area contributed by atoms with E-state index < -0.39 is 16.6 Å². The van der Waals surface area contributed by atoms with Crippen LogP contribution in [0.1, 0.15) is 63.7 Å². The Bertz CT molecular complexity index is 1070. The molecule has 1 aliphatic heterocycles. The smallest absolute Gasteiger partial charge is 0.410 e. The van der Waals surface area contributed by atoms with E-state index in [1.807, 2.05) is 49.4 Å². The lowest BCUT2D eigenvalue weighted by molar-refractivity contribution is -0.386. The topological polar surface area (TPSA) is 108 Å². The highest BCUT2D eigenvalue weighted by Crippen LogP contribution is 2.41. The first-order chi connectivity index (χ1) is 15.9. The normalized spacial score (nSPS) is 15.7. The number of halogens is 3. The van der Waals surface area contributed by atoms with E-state index in [0.29, 0.717) is 35.1 Å². The molecule has 184 valence electrons. The summed E-state index contributed by atoms with van der Waals surface area (Å²) < 4.78 is 12.0. The number of benzene rings is 1. The van der Waals surface area contributed by atoms with Gasteiger partial charge in [0.2, 0.25) is 5.75 Å². The molecule has 1 aliphatic rings. The highest BCUT2D eigenvalue weighted by Gasteiger charge is 2.31. The minimum atomic E-state index is -0.712. The Balaban J connectivity index is 1.80. The largest absolute Gasteiger partial charge is 0.478 e. The third kappa shape index (κ3) is 6.39. The predicted molar refractivity (Wildman–Crippen MR) is 137 cm³/mol. The standard InChI is InChI=1S/C22H25Cl2IN4O5/c1-12(17-19(23)26-11-27-20(17)24)33-18-15(25)9-14(10-16(18)29(31)32)13-5-7-28(8-6-13)21(30)34-22(2,3)4/h9-13H,5-8H2,1-4H3. The molecule has 1 aromatic heterocycles. The Labute approximate surface area is 221 Å². The second kappa shape index (κ2) is 10.8. The molecule has 1 saturated heterocycles. The van der Waals surface area contributed by atoms with Crippen LogP contribution in [0.5, 0.6) is 5.75 Å². The van der Waals surface area contributed by atoms with Gasteiger partial charge in [-0.2, -0.15) is 0 Å². The van der Waals surface area contributed by atoms with E-state index in [2.05, 4.69) is 9.97 Å². The number of rotatable bonds is 5. The second-order valence-corrected chi connectivity index (χ2v) is 10.9. The van der Waals surface area contributed by atoms with E-state index >= 15 is 0 Å². The summed E-state index contributed by atoms with van der Waals surface area (Å²) in [4.78, 5) is 33.3. The summed E-state index contributed by atoms with van der Waals surface area (Å²) in [6, 6.07) is 3.43. The summed E-state index contributed by atoms with van der Waals surface area (Å²) in [5, 5.41) is 12.2. The van der Waals surface area contributed by atoms with Crippen LogP contribution in [0.4, 0.5) is 10.5 Å². The van der Waals surface area contributed by atoms with Crippen molar-refractivity contribution >= 4 is 57.6 Å². The third-order valence-electron chi connectivity index (χ3n) is 5.35. The zero-order valence-electron chi connectivity index (χ0n) is 19.2. The lowest BCUT2D eigenvalue weighted by Gasteiger charge is -2.33. The summed E-state index contributed by atoms with van der Waals surface area (Å²) in [6.45, 7) is 8.20. The third-order valence-corrected chi connectivity index (χ3v) is 6.75. The Kier molecular flexibility index (Phi) is 8.46. The van der Waals surface area contributed by atoms with Crippen molar-refractivity contribution in [2.75, 3.05) is 13.1 Å². The number of carbonyl (C=O) groups is 1. The van der Waals surface area contributed by atoms with E-state index in [1.54, 1.807) is 17.9 Å². The summed E-state index contributed by atoms with van der Waals surface area (Å²) >= 11 is 14.3. The monoisotopic (exact) mass is 622 g/mol. The van der Waals surface area contributed by atoms with Gasteiger partial charge in [-0.25, -0.2) is 14.8 Å². The SMILES string of the molecule is CC(Oc1c(I)cc(C2CCN(C(=O)OC(C)(C)C)CC2)cc1[N+](=O)[O-])c1c(Cl)ncnc1Cl. The quantitative estimate of drug-likeness (QED) is 0.161. The number of hydrogen-bond acceptors (Lipinski definition) is 7. The lowest BCUT2D eigenvalue weighted by atomic mass is 9.89. The number of nitro groups is 1. The lowest BCUT2D eigenvalue weighted by Crippen LogP contribution is -2.41. The summed E-state index contributed by atoms with van der Waals surface area (Å²) in [7, 11) is 0. The number of nitrogens with zero attached hydrogens (tertiary/aromatic N) is 4. The van der Waals surface area contributed by atoms with Gasteiger partial charge in [0, 0.05) is 19.2 Å². The van der Waals surface area contributed by atoms with Crippen LogP contribution in [-0.4, -0.2) is 44.6 Å². The number of carbonyl (C=O) groups excluding carboxylic acids is 1. The van der Waals surface area contributed by atoms with Gasteiger partial charge in [0.15, 0.2) is 0 Å². The van der Waals surface area contributed by atoms with Crippen molar-refractivity contribution in [2.45, 2.75) is 58.2 Å². The molecular formula is C22H25Cl2IN4O5. The van der Waals surface area contributed by atoms with Crippen LogP contribution in [0, 0.1) is 13.7 Å². The summed E-state index contributed by atoms with van der Waals surface area (Å²) in [5.74, 6) is 0.202. The average molecular weight is 623 g/mol. The number of hydrogen-bond donors (Lipinski definition) is 0. The fourth-order valence-electron chi connectivity index (χ4n) is 3.73. The zero-order valence-corrected chi connectivity index (χ0v) is 22.8. The molecule has 12 heteroatoms. The van der Waals surface area contributed by atoms with Gasteiger partial charge in [0.25, 0.3) is 0 Å². The Morgan fingerprint density at radius 3 is 2.35 bits per heavy atom. The van der Waals surface area contributed by atoms with Crippen molar-refractivity contribution < 1.29 is 19.2 Å². The zero-order chi connectivity index (χ0) is 25.2. The maximum atomic E-state index is 12.3. The average Bonchev–Trinajstić information content (AvgIpc) is 2.73. The van der Waals surface area contributed by atoms with Crippen LogP contribution < -0.4 is 4.74 Å². The highest BCUT2D eigenvalue weighted by molar-refractivity contribution is 14.1. The Hall–Kier alpha value is -1.92. The number of aromatic nitrogens is 2. The molecule has 1 amide bonds. The molecule has 1 fully saturated rings. The number of nitro benzene ring substituents is 1. The van der Waals surface area contributed by atoms with Gasteiger partial charge in [0.1, 0.15) is 28.3 Å². The highest BCUT2D eigenvalue weighted by atomic mass is 127. The van der Waals surface area contributed by atoms with Crippen LogP contribution in [0.25, 0.3) is 0 Å². The predicted octanol–water partition coefficient (Wildman–Crippen LogP) is 6.55. The molecule has 2 heterocycles. The molecule has 0 bridgehead atoms. The molecule has 1 unspecified atom stereocenters. The van der Waals surface area contributed by atoms with Crippen LogP contribution >= 0.6 is 45.8 Å². The van der Waals surface area contributed by atoms with Gasteiger partial charge in [-0.3, -0.25) is 10.1 Å². The van der Waals surface area contributed by atoms with Gasteiger partial charge in [-0.1, -0.05) is 23.2 Å². The van der Waals surface area contributed by atoms with Crippen molar-refractivity contribution in [1.82, 2.24) is 14.9 Å².